The van der Waals surface area contributed by atoms with Gasteiger partial charge >= 0.3 is 5.97 Å². The second-order valence-corrected chi connectivity index (χ2v) is 7.47. The Bertz CT molecular complexity index is 348. The molecule has 0 aromatic heterocycles. The third-order valence-electron chi connectivity index (χ3n) is 3.20. The predicted molar refractivity (Wildman–Crippen MR) is 82.2 cm³/mol. The van der Waals surface area contributed by atoms with E-state index in [-0.39, 0.29) is 17.3 Å². The maximum atomic E-state index is 10.6. The average molecular weight is 266 g/mol. The molecule has 0 fully saturated rings. The molecule has 110 valence electrons. The van der Waals surface area contributed by atoms with Crippen molar-refractivity contribution >= 4 is 5.97 Å². The van der Waals surface area contributed by atoms with Crippen LogP contribution in [-0.2, 0) is 4.79 Å². The van der Waals surface area contributed by atoms with Crippen LogP contribution in [0.3, 0.4) is 0 Å². The zero-order chi connectivity index (χ0) is 15.3. The van der Waals surface area contributed by atoms with Gasteiger partial charge in [0.25, 0.3) is 0 Å². The first-order valence-electron chi connectivity index (χ1n) is 7.02. The van der Waals surface area contributed by atoms with Crippen molar-refractivity contribution in [3.05, 3.63) is 23.8 Å². The van der Waals surface area contributed by atoms with Crippen LogP contribution in [0.25, 0.3) is 0 Å². The molecule has 2 nitrogen and oxygen atoms in total. The van der Waals surface area contributed by atoms with E-state index in [9.17, 15) is 4.79 Å². The van der Waals surface area contributed by atoms with Crippen LogP contribution in [0, 0.1) is 16.7 Å². The molecule has 0 aliphatic rings. The monoisotopic (exact) mass is 266 g/mol. The molecule has 0 aliphatic carbocycles. The minimum atomic E-state index is -0.783. The number of carboxylic acids is 1. The first-order valence-corrected chi connectivity index (χ1v) is 7.02. The maximum Gasteiger partial charge on any atom is 0.307 e. The lowest BCUT2D eigenvalue weighted by molar-refractivity contribution is -0.136. The standard InChI is InChI=1S/C17H30O2/c1-8-13(10-9-11-15(18)19)14(17(5,6)7)12-16(2,3)4/h8-10,14H,11-12H2,1-7H3,(H,18,19)/b10-9-,13-8+. The van der Waals surface area contributed by atoms with E-state index in [0.29, 0.717) is 5.92 Å². The summed E-state index contributed by atoms with van der Waals surface area (Å²) in [6, 6.07) is 0. The predicted octanol–water partition coefficient (Wildman–Crippen LogP) is 5.06. The van der Waals surface area contributed by atoms with Gasteiger partial charge in [0.2, 0.25) is 0 Å². The van der Waals surface area contributed by atoms with Crippen molar-refractivity contribution in [2.45, 2.75) is 61.3 Å². The fourth-order valence-electron chi connectivity index (χ4n) is 2.25. The Hall–Kier alpha value is -1.05. The summed E-state index contributed by atoms with van der Waals surface area (Å²) < 4.78 is 0. The SMILES string of the molecule is C/C=C(\C=C/CC(=O)O)C(CC(C)(C)C)C(C)(C)C. The van der Waals surface area contributed by atoms with E-state index in [1.807, 2.05) is 13.0 Å². The summed E-state index contributed by atoms with van der Waals surface area (Å²) in [5, 5.41) is 8.71. The summed E-state index contributed by atoms with van der Waals surface area (Å²) in [6.45, 7) is 15.5. The number of hydrogen-bond donors (Lipinski definition) is 1. The van der Waals surface area contributed by atoms with E-state index in [4.69, 9.17) is 5.11 Å². The van der Waals surface area contributed by atoms with Crippen LogP contribution in [0.4, 0.5) is 0 Å². The largest absolute Gasteiger partial charge is 0.481 e. The molecule has 1 N–H and O–H groups in total. The normalized spacial score (nSPS) is 15.8. The Balaban J connectivity index is 5.12. The number of aliphatic carboxylic acids is 1. The zero-order valence-electron chi connectivity index (χ0n) is 13.6. The van der Waals surface area contributed by atoms with Crippen molar-refractivity contribution in [2.75, 3.05) is 0 Å². The van der Waals surface area contributed by atoms with Crippen LogP contribution in [0.2, 0.25) is 0 Å². The van der Waals surface area contributed by atoms with Crippen LogP contribution < -0.4 is 0 Å². The topological polar surface area (TPSA) is 37.3 Å². The highest BCUT2D eigenvalue weighted by atomic mass is 16.4. The second kappa shape index (κ2) is 6.93. The fraction of sp³-hybridized carbons (Fsp3) is 0.706. The molecule has 0 radical (unpaired) electrons. The third-order valence-corrected chi connectivity index (χ3v) is 3.20. The van der Waals surface area contributed by atoms with Gasteiger partial charge in [0.05, 0.1) is 6.42 Å². The molecule has 1 atom stereocenters. The van der Waals surface area contributed by atoms with Crippen LogP contribution in [0.1, 0.15) is 61.3 Å². The zero-order valence-corrected chi connectivity index (χ0v) is 13.6. The first-order chi connectivity index (χ1) is 8.47. The van der Waals surface area contributed by atoms with Crippen molar-refractivity contribution in [2.24, 2.45) is 16.7 Å². The summed E-state index contributed by atoms with van der Waals surface area (Å²) in [4.78, 5) is 10.6. The molecule has 0 saturated carbocycles. The molecule has 0 aromatic rings. The van der Waals surface area contributed by atoms with E-state index in [1.165, 1.54) is 5.57 Å². The Morgan fingerprint density at radius 1 is 1.16 bits per heavy atom. The van der Waals surface area contributed by atoms with E-state index < -0.39 is 5.97 Å². The lowest BCUT2D eigenvalue weighted by Crippen LogP contribution is -2.26. The highest BCUT2D eigenvalue weighted by Gasteiger charge is 2.30. The summed E-state index contributed by atoms with van der Waals surface area (Å²) in [6.07, 6.45) is 7.02. The molecule has 19 heavy (non-hydrogen) atoms. The number of hydrogen-bond acceptors (Lipinski definition) is 1. The van der Waals surface area contributed by atoms with Gasteiger partial charge < -0.3 is 5.11 Å². The molecule has 0 bridgehead atoms. The first kappa shape index (κ1) is 17.9. The molecule has 1 unspecified atom stereocenters. The molecule has 0 heterocycles. The Labute approximate surface area is 118 Å². The average Bonchev–Trinajstić information content (AvgIpc) is 2.18. The van der Waals surface area contributed by atoms with Crippen LogP contribution >= 0.6 is 0 Å². The van der Waals surface area contributed by atoms with Crippen molar-refractivity contribution in [3.8, 4) is 0 Å². The second-order valence-electron chi connectivity index (χ2n) is 7.47. The quantitative estimate of drug-likeness (QED) is 0.706. The molecule has 0 aromatic carbocycles. The molecule has 0 spiro atoms. The van der Waals surface area contributed by atoms with Gasteiger partial charge in [-0.05, 0) is 35.7 Å². The molecular weight excluding hydrogens is 236 g/mol. The Morgan fingerprint density at radius 2 is 1.68 bits per heavy atom. The minimum Gasteiger partial charge on any atom is -0.481 e. The van der Waals surface area contributed by atoms with E-state index in [2.05, 4.69) is 47.6 Å². The Kier molecular flexibility index (Phi) is 6.54. The van der Waals surface area contributed by atoms with Gasteiger partial charge in [0.15, 0.2) is 0 Å². The van der Waals surface area contributed by atoms with Crippen molar-refractivity contribution in [1.29, 1.82) is 0 Å². The van der Waals surface area contributed by atoms with Gasteiger partial charge in [-0.15, -0.1) is 0 Å². The number of carbonyl (C=O) groups is 1. The number of rotatable bonds is 5. The summed E-state index contributed by atoms with van der Waals surface area (Å²) in [5.41, 5.74) is 1.67. The molecule has 0 saturated heterocycles. The van der Waals surface area contributed by atoms with Gasteiger partial charge in [-0.2, -0.15) is 0 Å². The van der Waals surface area contributed by atoms with Crippen LogP contribution in [0.5, 0.6) is 0 Å². The molecule has 0 rings (SSSR count). The van der Waals surface area contributed by atoms with E-state index in [1.54, 1.807) is 6.08 Å². The van der Waals surface area contributed by atoms with Crippen molar-refractivity contribution in [3.63, 3.8) is 0 Å². The van der Waals surface area contributed by atoms with Gasteiger partial charge in [0.1, 0.15) is 0 Å². The highest BCUT2D eigenvalue weighted by Crippen LogP contribution is 2.40. The van der Waals surface area contributed by atoms with Gasteiger partial charge in [-0.3, -0.25) is 4.79 Å². The maximum absolute atomic E-state index is 10.6. The fourth-order valence-corrected chi connectivity index (χ4v) is 2.25. The van der Waals surface area contributed by atoms with Gasteiger partial charge in [-0.1, -0.05) is 59.8 Å². The van der Waals surface area contributed by atoms with E-state index in [0.717, 1.165) is 6.42 Å². The Morgan fingerprint density at radius 3 is 2.00 bits per heavy atom. The number of allylic oxidation sites excluding steroid dienone is 3. The van der Waals surface area contributed by atoms with E-state index >= 15 is 0 Å². The van der Waals surface area contributed by atoms with Crippen LogP contribution in [-0.4, -0.2) is 11.1 Å². The number of carboxylic acid groups (broad SMARTS) is 1. The smallest absolute Gasteiger partial charge is 0.307 e. The van der Waals surface area contributed by atoms with Crippen molar-refractivity contribution in [1.82, 2.24) is 0 Å². The lowest BCUT2D eigenvalue weighted by atomic mass is 9.68. The van der Waals surface area contributed by atoms with Crippen molar-refractivity contribution < 1.29 is 9.90 Å². The minimum absolute atomic E-state index is 0.0870. The molecular formula is C17H30O2. The third kappa shape index (κ3) is 7.86. The highest BCUT2D eigenvalue weighted by molar-refractivity contribution is 5.68. The van der Waals surface area contributed by atoms with Crippen LogP contribution in [0.15, 0.2) is 23.8 Å². The summed E-state index contributed by atoms with van der Waals surface area (Å²) >= 11 is 0. The lowest BCUT2D eigenvalue weighted by Gasteiger charge is -2.36. The van der Waals surface area contributed by atoms with Gasteiger partial charge in [-0.25, -0.2) is 0 Å². The summed E-state index contributed by atoms with van der Waals surface area (Å²) in [5.74, 6) is -0.350. The molecule has 0 aliphatic heterocycles. The summed E-state index contributed by atoms with van der Waals surface area (Å²) in [7, 11) is 0. The molecule has 0 amide bonds. The molecule has 2 heteroatoms. The van der Waals surface area contributed by atoms with Gasteiger partial charge in [0, 0.05) is 0 Å².